The highest BCUT2D eigenvalue weighted by Crippen LogP contribution is 2.28. The van der Waals surface area contributed by atoms with E-state index in [0.717, 1.165) is 11.0 Å². The van der Waals surface area contributed by atoms with E-state index in [1.807, 2.05) is 24.3 Å². The quantitative estimate of drug-likeness (QED) is 0.697. The smallest absolute Gasteiger partial charge is 0.260 e. The van der Waals surface area contributed by atoms with Crippen LogP contribution in [0.25, 0.3) is 16.6 Å². The molecule has 1 aromatic heterocycles. The first-order valence-electron chi connectivity index (χ1n) is 8.28. The first-order chi connectivity index (χ1) is 13.1. The molecule has 3 aromatic rings. The minimum Gasteiger partial charge on any atom is -0.337 e. The van der Waals surface area contributed by atoms with Crippen LogP contribution >= 0.6 is 11.6 Å². The van der Waals surface area contributed by atoms with Crippen molar-refractivity contribution >= 4 is 45.5 Å². The minimum atomic E-state index is -0.633. The van der Waals surface area contributed by atoms with Crippen LogP contribution in [-0.2, 0) is 4.79 Å². The molecular formula is C20H14ClN5O. The molecule has 0 saturated carbocycles. The Morgan fingerprint density at radius 2 is 2.11 bits per heavy atom. The summed E-state index contributed by atoms with van der Waals surface area (Å²) in [4.78, 5) is 20.4. The van der Waals surface area contributed by atoms with Crippen molar-refractivity contribution in [2.24, 2.45) is 11.0 Å². The molecule has 6 nitrogen and oxygen atoms in total. The van der Waals surface area contributed by atoms with Crippen molar-refractivity contribution < 1.29 is 4.79 Å². The topological polar surface area (TPSA) is 85.1 Å². The largest absolute Gasteiger partial charge is 0.337 e. The van der Waals surface area contributed by atoms with E-state index in [2.05, 4.69) is 21.1 Å². The number of nitrogens with zero attached hydrogens (tertiary/aromatic N) is 4. The zero-order valence-electron chi connectivity index (χ0n) is 14.3. The molecule has 132 valence electrons. The fourth-order valence-corrected chi connectivity index (χ4v) is 3.17. The van der Waals surface area contributed by atoms with Crippen molar-refractivity contribution in [3.05, 3.63) is 65.5 Å². The van der Waals surface area contributed by atoms with Crippen LogP contribution in [0, 0.1) is 17.2 Å². The average molecular weight is 376 g/mol. The van der Waals surface area contributed by atoms with Gasteiger partial charge >= 0.3 is 0 Å². The Bertz CT molecular complexity index is 1120. The summed E-state index contributed by atoms with van der Waals surface area (Å²) in [7, 11) is 0. The van der Waals surface area contributed by atoms with E-state index in [9.17, 15) is 10.1 Å². The number of hydrogen-bond donors (Lipinski definition) is 1. The molecule has 0 saturated heterocycles. The van der Waals surface area contributed by atoms with Crippen LogP contribution in [-0.4, -0.2) is 21.6 Å². The molecule has 0 spiro atoms. The van der Waals surface area contributed by atoms with Crippen LogP contribution in [0.3, 0.4) is 0 Å². The molecule has 1 unspecified atom stereocenters. The maximum atomic E-state index is 12.9. The normalized spacial score (nSPS) is 17.3. The van der Waals surface area contributed by atoms with Gasteiger partial charge in [-0.3, -0.25) is 4.79 Å². The van der Waals surface area contributed by atoms with Crippen molar-refractivity contribution in [2.75, 3.05) is 5.01 Å². The molecule has 27 heavy (non-hydrogen) atoms. The van der Waals surface area contributed by atoms with Gasteiger partial charge in [-0.05, 0) is 43.3 Å². The van der Waals surface area contributed by atoms with Gasteiger partial charge in [0.25, 0.3) is 5.91 Å². The second-order valence-corrected chi connectivity index (χ2v) is 6.58. The number of hydrogen-bond acceptors (Lipinski definition) is 4. The lowest BCUT2D eigenvalue weighted by Gasteiger charge is -2.13. The molecular weight excluding hydrogens is 362 g/mol. The van der Waals surface area contributed by atoms with Gasteiger partial charge < -0.3 is 4.98 Å². The molecule has 1 amide bonds. The second-order valence-electron chi connectivity index (χ2n) is 6.14. The molecule has 0 radical (unpaired) electrons. The number of amides is 1. The summed E-state index contributed by atoms with van der Waals surface area (Å²) in [5.41, 5.74) is 3.08. The SMILES string of the molecule is CC1=NN(c2cccc(Cl)c2)C(=O)C1/C=C(\C#N)c1nc2ccccc2[nH]1. The van der Waals surface area contributed by atoms with Crippen LogP contribution in [0.2, 0.25) is 5.02 Å². The van der Waals surface area contributed by atoms with E-state index in [-0.39, 0.29) is 5.91 Å². The van der Waals surface area contributed by atoms with Crippen LogP contribution in [0.5, 0.6) is 0 Å². The number of halogens is 1. The first-order valence-corrected chi connectivity index (χ1v) is 8.66. The van der Waals surface area contributed by atoms with Crippen molar-refractivity contribution in [1.82, 2.24) is 9.97 Å². The highest BCUT2D eigenvalue weighted by atomic mass is 35.5. The van der Waals surface area contributed by atoms with Crippen LogP contribution in [0.1, 0.15) is 12.7 Å². The van der Waals surface area contributed by atoms with E-state index in [0.29, 0.717) is 27.8 Å². The number of aromatic nitrogens is 2. The maximum Gasteiger partial charge on any atom is 0.260 e. The van der Waals surface area contributed by atoms with E-state index in [4.69, 9.17) is 11.6 Å². The highest BCUT2D eigenvalue weighted by molar-refractivity contribution is 6.31. The number of benzene rings is 2. The molecule has 0 bridgehead atoms. The summed E-state index contributed by atoms with van der Waals surface area (Å²) in [5.74, 6) is -0.439. The van der Waals surface area contributed by atoms with Crippen molar-refractivity contribution in [2.45, 2.75) is 6.92 Å². The lowest BCUT2D eigenvalue weighted by molar-refractivity contribution is -0.118. The number of H-pyrrole nitrogens is 1. The number of carbonyl (C=O) groups is 1. The predicted molar refractivity (Wildman–Crippen MR) is 105 cm³/mol. The summed E-state index contributed by atoms with van der Waals surface area (Å²) in [6.07, 6.45) is 1.60. The molecule has 1 N–H and O–H groups in total. The Hall–Kier alpha value is -3.43. The fourth-order valence-electron chi connectivity index (χ4n) is 2.98. The predicted octanol–water partition coefficient (Wildman–Crippen LogP) is 4.16. The van der Waals surface area contributed by atoms with E-state index in [1.54, 1.807) is 37.3 Å². The molecule has 1 aliphatic rings. The molecule has 7 heteroatoms. The van der Waals surface area contributed by atoms with Crippen molar-refractivity contribution in [3.8, 4) is 6.07 Å². The minimum absolute atomic E-state index is 0.237. The zero-order valence-corrected chi connectivity index (χ0v) is 15.1. The second kappa shape index (κ2) is 6.71. The van der Waals surface area contributed by atoms with Gasteiger partial charge in [-0.25, -0.2) is 4.98 Å². The summed E-state index contributed by atoms with van der Waals surface area (Å²) in [6, 6.07) is 16.6. The monoisotopic (exact) mass is 375 g/mol. The Morgan fingerprint density at radius 3 is 2.85 bits per heavy atom. The van der Waals surface area contributed by atoms with Gasteiger partial charge in [-0.2, -0.15) is 15.4 Å². The lowest BCUT2D eigenvalue weighted by Crippen LogP contribution is -2.26. The summed E-state index contributed by atoms with van der Waals surface area (Å²) < 4.78 is 0. The number of imidazole rings is 1. The zero-order chi connectivity index (χ0) is 19.0. The van der Waals surface area contributed by atoms with Gasteiger partial charge in [0.2, 0.25) is 0 Å². The average Bonchev–Trinajstić information content (AvgIpc) is 3.21. The van der Waals surface area contributed by atoms with Gasteiger partial charge in [-0.1, -0.05) is 29.8 Å². The van der Waals surface area contributed by atoms with Crippen LogP contribution < -0.4 is 5.01 Å². The Labute approximate surface area is 160 Å². The fraction of sp³-hybridized carbons (Fsp3) is 0.100. The molecule has 4 rings (SSSR count). The first kappa shape index (κ1) is 17.0. The Kier molecular flexibility index (Phi) is 4.22. The van der Waals surface area contributed by atoms with Crippen molar-refractivity contribution in [3.63, 3.8) is 0 Å². The molecule has 0 aliphatic carbocycles. The van der Waals surface area contributed by atoms with Gasteiger partial charge in [0, 0.05) is 5.02 Å². The lowest BCUT2D eigenvalue weighted by atomic mass is 10.0. The molecule has 0 fully saturated rings. The standard InChI is InChI=1S/C20H14ClN5O/c1-12-16(20(27)26(25-12)15-6-4-5-14(21)10-15)9-13(11-22)19-23-17-7-2-3-8-18(17)24-19/h2-10,16H,1H3,(H,23,24)/b13-9+. The van der Waals surface area contributed by atoms with E-state index in [1.165, 1.54) is 5.01 Å². The number of carbonyl (C=O) groups excluding carboxylic acids is 1. The third-order valence-electron chi connectivity index (χ3n) is 4.33. The molecule has 1 atom stereocenters. The number of anilines is 1. The van der Waals surface area contributed by atoms with Gasteiger partial charge in [0.05, 0.1) is 33.9 Å². The van der Waals surface area contributed by atoms with E-state index >= 15 is 0 Å². The van der Waals surface area contributed by atoms with Crippen LogP contribution in [0.4, 0.5) is 5.69 Å². The van der Waals surface area contributed by atoms with Gasteiger partial charge in [0.1, 0.15) is 11.9 Å². The molecule has 2 heterocycles. The maximum absolute atomic E-state index is 12.9. The number of nitriles is 1. The number of nitrogens with one attached hydrogen (secondary N) is 1. The Balaban J connectivity index is 1.69. The number of fused-ring (bicyclic) bond motifs is 1. The number of aromatic amines is 1. The third-order valence-corrected chi connectivity index (χ3v) is 4.57. The number of hydrazone groups is 1. The van der Waals surface area contributed by atoms with Crippen LogP contribution in [0.15, 0.2) is 59.7 Å². The molecule has 2 aromatic carbocycles. The highest BCUT2D eigenvalue weighted by Gasteiger charge is 2.33. The third kappa shape index (κ3) is 3.09. The summed E-state index contributed by atoms with van der Waals surface area (Å²) in [5, 5.41) is 15.8. The number of rotatable bonds is 3. The van der Waals surface area contributed by atoms with Crippen molar-refractivity contribution in [1.29, 1.82) is 5.26 Å². The molecule has 1 aliphatic heterocycles. The Morgan fingerprint density at radius 1 is 1.30 bits per heavy atom. The summed E-state index contributed by atoms with van der Waals surface area (Å²) in [6.45, 7) is 1.76. The van der Waals surface area contributed by atoms with E-state index < -0.39 is 5.92 Å². The summed E-state index contributed by atoms with van der Waals surface area (Å²) >= 11 is 6.02. The number of allylic oxidation sites excluding steroid dienone is 1. The van der Waals surface area contributed by atoms with Gasteiger partial charge in [-0.15, -0.1) is 0 Å². The van der Waals surface area contributed by atoms with Gasteiger partial charge in [0.15, 0.2) is 0 Å². The number of para-hydroxylation sites is 2.